The first-order chi connectivity index (χ1) is 15.9. The van der Waals surface area contributed by atoms with Crippen LogP contribution < -0.4 is 14.3 Å². The van der Waals surface area contributed by atoms with E-state index in [-0.39, 0.29) is 10.9 Å². The number of hydrogen-bond acceptors (Lipinski definition) is 7. The number of sulfonamides is 1. The summed E-state index contributed by atoms with van der Waals surface area (Å²) in [7, 11) is -2.44. The standard InChI is InChI=1S/C24H24N2O6S/c1-3-31-21-12-14-23(15-13-21)33(28,29)26-25-16-18-6-10-22(11-7-18)32-17-19-4-8-20(9-5-19)24(27)30-2/h4-16,26H,3,17H2,1-2H3/b25-16+. The molecule has 0 atom stereocenters. The lowest BCUT2D eigenvalue weighted by atomic mass is 10.1. The van der Waals surface area contributed by atoms with E-state index >= 15 is 0 Å². The van der Waals surface area contributed by atoms with Crippen molar-refractivity contribution < 1.29 is 27.4 Å². The van der Waals surface area contributed by atoms with Crippen molar-refractivity contribution in [2.75, 3.05) is 13.7 Å². The van der Waals surface area contributed by atoms with Crippen LogP contribution in [0.5, 0.6) is 11.5 Å². The number of benzene rings is 3. The zero-order valence-corrected chi connectivity index (χ0v) is 19.0. The van der Waals surface area contributed by atoms with Gasteiger partial charge >= 0.3 is 5.97 Å². The maximum Gasteiger partial charge on any atom is 0.337 e. The van der Waals surface area contributed by atoms with Crippen molar-refractivity contribution in [2.24, 2.45) is 5.10 Å². The van der Waals surface area contributed by atoms with E-state index in [4.69, 9.17) is 9.47 Å². The highest BCUT2D eigenvalue weighted by molar-refractivity contribution is 7.89. The number of ether oxygens (including phenoxy) is 3. The maximum atomic E-state index is 12.3. The molecule has 9 heteroatoms. The summed E-state index contributed by atoms with van der Waals surface area (Å²) < 4.78 is 40.4. The smallest absolute Gasteiger partial charge is 0.337 e. The molecule has 8 nitrogen and oxygen atoms in total. The third kappa shape index (κ3) is 6.81. The van der Waals surface area contributed by atoms with Crippen LogP contribution in [-0.4, -0.2) is 34.3 Å². The summed E-state index contributed by atoms with van der Waals surface area (Å²) in [5.74, 6) is 0.848. The van der Waals surface area contributed by atoms with E-state index in [1.165, 1.54) is 25.5 Å². The molecule has 0 fully saturated rings. The second kappa shape index (κ2) is 11.1. The molecule has 3 rings (SSSR count). The number of esters is 1. The van der Waals surface area contributed by atoms with E-state index in [0.717, 1.165) is 5.56 Å². The number of carbonyl (C=O) groups excluding carboxylic acids is 1. The Morgan fingerprint density at radius 3 is 2.12 bits per heavy atom. The molecule has 0 aromatic heterocycles. The quantitative estimate of drug-likeness (QED) is 0.276. The molecule has 3 aromatic carbocycles. The predicted octanol–water partition coefficient (Wildman–Crippen LogP) is 3.76. The minimum absolute atomic E-state index is 0.0893. The van der Waals surface area contributed by atoms with Gasteiger partial charge in [0.05, 0.1) is 30.4 Å². The Hall–Kier alpha value is -3.85. The zero-order valence-electron chi connectivity index (χ0n) is 18.2. The molecular formula is C24H24N2O6S. The fraction of sp³-hybridized carbons (Fsp3) is 0.167. The van der Waals surface area contributed by atoms with Gasteiger partial charge in [0.25, 0.3) is 10.0 Å². The fourth-order valence-corrected chi connectivity index (χ4v) is 3.57. The van der Waals surface area contributed by atoms with Crippen molar-refractivity contribution in [1.82, 2.24) is 4.83 Å². The topological polar surface area (TPSA) is 103 Å². The van der Waals surface area contributed by atoms with Gasteiger partial charge in [0.1, 0.15) is 18.1 Å². The summed E-state index contributed by atoms with van der Waals surface area (Å²) >= 11 is 0. The molecule has 0 heterocycles. The molecule has 0 aliphatic rings. The van der Waals surface area contributed by atoms with Crippen molar-refractivity contribution in [3.63, 3.8) is 0 Å². The number of nitrogens with zero attached hydrogens (tertiary/aromatic N) is 1. The van der Waals surface area contributed by atoms with Crippen molar-refractivity contribution >= 4 is 22.2 Å². The molecular weight excluding hydrogens is 444 g/mol. The van der Waals surface area contributed by atoms with Gasteiger partial charge in [0.2, 0.25) is 0 Å². The number of hydrogen-bond donors (Lipinski definition) is 1. The largest absolute Gasteiger partial charge is 0.494 e. The van der Waals surface area contributed by atoms with Crippen LogP contribution in [0.15, 0.2) is 82.8 Å². The van der Waals surface area contributed by atoms with E-state index in [2.05, 4.69) is 14.7 Å². The molecule has 0 spiro atoms. The van der Waals surface area contributed by atoms with Gasteiger partial charge in [-0.1, -0.05) is 12.1 Å². The SMILES string of the molecule is CCOc1ccc(S(=O)(=O)N/N=C/c2ccc(OCc3ccc(C(=O)OC)cc3)cc2)cc1. The van der Waals surface area contributed by atoms with E-state index in [1.54, 1.807) is 60.7 Å². The number of hydrazone groups is 1. The first-order valence-corrected chi connectivity index (χ1v) is 11.6. The zero-order chi connectivity index (χ0) is 23.7. The highest BCUT2D eigenvalue weighted by atomic mass is 32.2. The monoisotopic (exact) mass is 468 g/mol. The van der Waals surface area contributed by atoms with E-state index in [9.17, 15) is 13.2 Å². The number of carbonyl (C=O) groups is 1. The Morgan fingerprint density at radius 2 is 1.52 bits per heavy atom. The van der Waals surface area contributed by atoms with E-state index in [0.29, 0.717) is 35.8 Å². The van der Waals surface area contributed by atoms with Crippen molar-refractivity contribution in [3.8, 4) is 11.5 Å². The molecule has 0 radical (unpaired) electrons. The highest BCUT2D eigenvalue weighted by Gasteiger charge is 2.12. The average Bonchev–Trinajstić information content (AvgIpc) is 2.84. The molecule has 33 heavy (non-hydrogen) atoms. The summed E-state index contributed by atoms with van der Waals surface area (Å²) in [5.41, 5.74) is 2.07. The van der Waals surface area contributed by atoms with Gasteiger partial charge in [0, 0.05) is 0 Å². The second-order valence-electron chi connectivity index (χ2n) is 6.80. The lowest BCUT2D eigenvalue weighted by molar-refractivity contribution is 0.0600. The third-order valence-corrected chi connectivity index (χ3v) is 5.73. The number of nitrogens with one attached hydrogen (secondary N) is 1. The van der Waals surface area contributed by atoms with Crippen LogP contribution >= 0.6 is 0 Å². The van der Waals surface area contributed by atoms with Crippen LogP contribution in [0.3, 0.4) is 0 Å². The molecule has 0 unspecified atom stereocenters. The minimum atomic E-state index is -3.78. The predicted molar refractivity (Wildman–Crippen MR) is 124 cm³/mol. The van der Waals surface area contributed by atoms with Gasteiger partial charge in [-0.05, 0) is 78.7 Å². The van der Waals surface area contributed by atoms with Crippen LogP contribution in [-0.2, 0) is 21.4 Å². The summed E-state index contributed by atoms with van der Waals surface area (Å²) in [6.45, 7) is 2.69. The molecule has 1 N–H and O–H groups in total. The number of rotatable bonds is 10. The molecule has 172 valence electrons. The Labute approximate surface area is 192 Å². The lowest BCUT2D eigenvalue weighted by Gasteiger charge is -2.07. The Bertz CT molecular complexity index is 1190. The summed E-state index contributed by atoms with van der Waals surface area (Å²) in [6, 6.07) is 20.1. The summed E-state index contributed by atoms with van der Waals surface area (Å²) in [6.07, 6.45) is 1.40. The molecule has 0 amide bonds. The fourth-order valence-electron chi connectivity index (χ4n) is 2.78. The highest BCUT2D eigenvalue weighted by Crippen LogP contribution is 2.16. The second-order valence-corrected chi connectivity index (χ2v) is 8.46. The van der Waals surface area contributed by atoms with Crippen LogP contribution in [0.25, 0.3) is 0 Å². The van der Waals surface area contributed by atoms with Crippen LogP contribution in [0.1, 0.15) is 28.4 Å². The Balaban J connectivity index is 1.52. The van der Waals surface area contributed by atoms with Crippen molar-refractivity contribution in [1.29, 1.82) is 0 Å². The summed E-state index contributed by atoms with van der Waals surface area (Å²) in [4.78, 5) is 13.7. The number of methoxy groups -OCH3 is 1. The van der Waals surface area contributed by atoms with Crippen LogP contribution in [0.4, 0.5) is 0 Å². The van der Waals surface area contributed by atoms with Gasteiger partial charge in [-0.2, -0.15) is 13.5 Å². The molecule has 0 aliphatic carbocycles. The van der Waals surface area contributed by atoms with Gasteiger partial charge in [-0.3, -0.25) is 0 Å². The normalized spacial score (nSPS) is 11.2. The molecule has 0 saturated heterocycles. The lowest BCUT2D eigenvalue weighted by Crippen LogP contribution is -2.18. The first kappa shape index (κ1) is 23.8. The molecule has 0 bridgehead atoms. The summed E-state index contributed by atoms with van der Waals surface area (Å²) in [5, 5.41) is 3.83. The average molecular weight is 469 g/mol. The minimum Gasteiger partial charge on any atom is -0.494 e. The maximum absolute atomic E-state index is 12.3. The van der Waals surface area contributed by atoms with Gasteiger partial charge in [0.15, 0.2) is 0 Å². The third-order valence-electron chi connectivity index (χ3n) is 4.49. The molecule has 0 aliphatic heterocycles. The van der Waals surface area contributed by atoms with Crippen molar-refractivity contribution in [2.45, 2.75) is 18.4 Å². The van der Waals surface area contributed by atoms with Crippen LogP contribution in [0.2, 0.25) is 0 Å². The molecule has 3 aromatic rings. The van der Waals surface area contributed by atoms with E-state index < -0.39 is 10.0 Å². The first-order valence-electron chi connectivity index (χ1n) is 10.1. The van der Waals surface area contributed by atoms with Gasteiger partial charge in [-0.25, -0.2) is 9.63 Å². The van der Waals surface area contributed by atoms with Gasteiger partial charge < -0.3 is 14.2 Å². The Morgan fingerprint density at radius 1 is 0.909 bits per heavy atom. The van der Waals surface area contributed by atoms with Gasteiger partial charge in [-0.15, -0.1) is 0 Å². The van der Waals surface area contributed by atoms with E-state index in [1.807, 2.05) is 6.92 Å². The Kier molecular flexibility index (Phi) is 8.04. The van der Waals surface area contributed by atoms with Crippen molar-refractivity contribution in [3.05, 3.63) is 89.5 Å². The molecule has 0 saturated carbocycles. The van der Waals surface area contributed by atoms with Crippen LogP contribution in [0, 0.1) is 0 Å².